The number of nitrogens with zero attached hydrogens (tertiary/aromatic N) is 4. The fraction of sp³-hybridized carbons (Fsp3) is 0.550. The summed E-state index contributed by atoms with van der Waals surface area (Å²) in [6, 6.07) is 8.05. The fourth-order valence-electron chi connectivity index (χ4n) is 3.32. The maximum Gasteiger partial charge on any atom is 0.233 e. The molecule has 0 aliphatic carbocycles. The van der Waals surface area contributed by atoms with Gasteiger partial charge in [0.25, 0.3) is 0 Å². The van der Waals surface area contributed by atoms with E-state index in [0.29, 0.717) is 11.6 Å². The monoisotopic (exact) mass is 436 g/mol. The van der Waals surface area contributed by atoms with E-state index in [-0.39, 0.29) is 34.6 Å². The molecular weight excluding hydrogens is 408 g/mol. The van der Waals surface area contributed by atoms with Crippen LogP contribution < -0.4 is 0 Å². The van der Waals surface area contributed by atoms with Crippen LogP contribution in [-0.4, -0.2) is 64.3 Å². The van der Waals surface area contributed by atoms with Crippen LogP contribution >= 0.6 is 11.8 Å². The fourth-order valence-corrected chi connectivity index (χ4v) is 5.93. The van der Waals surface area contributed by atoms with Gasteiger partial charge in [-0.25, -0.2) is 8.42 Å². The number of thioether (sulfide) groups is 1. The number of rotatable bonds is 5. The van der Waals surface area contributed by atoms with Gasteiger partial charge in [-0.15, -0.1) is 10.2 Å². The SMILES string of the molecule is CN(C(=O)CSc1nnc(-c2ccc(C(C)(C)C)cc2)n1C)[C@@H]1CCS(=O)(=O)C1. The molecule has 0 bridgehead atoms. The molecule has 158 valence electrons. The Morgan fingerprint density at radius 3 is 2.45 bits per heavy atom. The summed E-state index contributed by atoms with van der Waals surface area (Å²) < 4.78 is 25.2. The quantitative estimate of drug-likeness (QED) is 0.670. The van der Waals surface area contributed by atoms with Crippen LogP contribution in [0.4, 0.5) is 0 Å². The molecule has 2 aromatic rings. The standard InChI is InChI=1S/C20H28N4O3S2/c1-20(2,3)15-8-6-14(7-9-15)18-21-22-19(24(18)5)28-12-17(25)23(4)16-10-11-29(26,27)13-16/h6-9,16H,10-13H2,1-5H3/t16-/m1/s1. The van der Waals surface area contributed by atoms with Crippen molar-refractivity contribution in [1.82, 2.24) is 19.7 Å². The van der Waals surface area contributed by atoms with Gasteiger partial charge in [0.15, 0.2) is 20.8 Å². The predicted octanol–water partition coefficient (Wildman–Crippen LogP) is 2.52. The van der Waals surface area contributed by atoms with E-state index < -0.39 is 9.84 Å². The van der Waals surface area contributed by atoms with Gasteiger partial charge in [-0.1, -0.05) is 56.8 Å². The normalized spacial score (nSPS) is 18.7. The first-order valence-electron chi connectivity index (χ1n) is 9.57. The summed E-state index contributed by atoms with van der Waals surface area (Å²) in [5.74, 6) is 1.05. The summed E-state index contributed by atoms with van der Waals surface area (Å²) in [4.78, 5) is 14.0. The van der Waals surface area contributed by atoms with Crippen LogP contribution in [0.3, 0.4) is 0 Å². The van der Waals surface area contributed by atoms with Gasteiger partial charge in [0.05, 0.1) is 17.3 Å². The molecule has 7 nitrogen and oxygen atoms in total. The van der Waals surface area contributed by atoms with Crippen LogP contribution in [-0.2, 0) is 27.1 Å². The van der Waals surface area contributed by atoms with Crippen molar-refractivity contribution in [2.45, 2.75) is 43.8 Å². The zero-order valence-corrected chi connectivity index (χ0v) is 19.2. The average molecular weight is 437 g/mol. The zero-order valence-electron chi connectivity index (χ0n) is 17.5. The first kappa shape index (κ1) is 21.8. The van der Waals surface area contributed by atoms with Gasteiger partial charge in [-0.3, -0.25) is 4.79 Å². The molecule has 2 heterocycles. The van der Waals surface area contributed by atoms with Crippen LogP contribution in [0.1, 0.15) is 32.8 Å². The predicted molar refractivity (Wildman–Crippen MR) is 116 cm³/mol. The molecule has 1 aromatic carbocycles. The van der Waals surface area contributed by atoms with E-state index in [0.717, 1.165) is 11.4 Å². The highest BCUT2D eigenvalue weighted by Crippen LogP contribution is 2.27. The second-order valence-corrected chi connectivity index (χ2v) is 11.7. The minimum Gasteiger partial charge on any atom is -0.341 e. The summed E-state index contributed by atoms with van der Waals surface area (Å²) in [6.45, 7) is 6.52. The van der Waals surface area contributed by atoms with Crippen molar-refractivity contribution in [3.8, 4) is 11.4 Å². The molecule has 1 atom stereocenters. The molecule has 0 spiro atoms. The van der Waals surface area contributed by atoms with Crippen LogP contribution in [0.25, 0.3) is 11.4 Å². The molecule has 0 radical (unpaired) electrons. The first-order valence-corrected chi connectivity index (χ1v) is 12.4. The highest BCUT2D eigenvalue weighted by Gasteiger charge is 2.32. The molecule has 9 heteroatoms. The van der Waals surface area contributed by atoms with Crippen molar-refractivity contribution in [3.05, 3.63) is 29.8 Å². The molecule has 1 amide bonds. The number of aromatic nitrogens is 3. The Labute approximate surface area is 176 Å². The topological polar surface area (TPSA) is 85.2 Å². The Morgan fingerprint density at radius 1 is 1.24 bits per heavy atom. The number of benzene rings is 1. The summed E-state index contributed by atoms with van der Waals surface area (Å²) in [7, 11) is 0.541. The van der Waals surface area contributed by atoms with Gasteiger partial charge in [0.1, 0.15) is 0 Å². The third-order valence-corrected chi connectivity index (χ3v) is 8.07. The van der Waals surface area contributed by atoms with Crippen molar-refractivity contribution >= 4 is 27.5 Å². The zero-order chi connectivity index (χ0) is 21.4. The van der Waals surface area contributed by atoms with E-state index in [4.69, 9.17) is 0 Å². The first-order chi connectivity index (χ1) is 13.5. The summed E-state index contributed by atoms with van der Waals surface area (Å²) in [5, 5.41) is 9.16. The smallest absolute Gasteiger partial charge is 0.233 e. The summed E-state index contributed by atoms with van der Waals surface area (Å²) >= 11 is 1.31. The Morgan fingerprint density at radius 2 is 1.90 bits per heavy atom. The second kappa shape index (κ2) is 8.10. The van der Waals surface area contributed by atoms with E-state index in [1.807, 2.05) is 23.7 Å². The van der Waals surface area contributed by atoms with E-state index in [9.17, 15) is 13.2 Å². The van der Waals surface area contributed by atoms with Crippen molar-refractivity contribution < 1.29 is 13.2 Å². The second-order valence-electron chi connectivity index (χ2n) is 8.54. The maximum atomic E-state index is 12.5. The number of amides is 1. The van der Waals surface area contributed by atoms with Crippen LogP contribution in [0, 0.1) is 0 Å². The Kier molecular flexibility index (Phi) is 6.10. The average Bonchev–Trinajstić information content (AvgIpc) is 3.20. The van der Waals surface area contributed by atoms with Crippen LogP contribution in [0.5, 0.6) is 0 Å². The molecule has 1 aromatic heterocycles. The molecule has 0 unspecified atom stereocenters. The lowest BCUT2D eigenvalue weighted by Crippen LogP contribution is -2.38. The third kappa shape index (κ3) is 5.01. The van der Waals surface area contributed by atoms with E-state index >= 15 is 0 Å². The number of carbonyl (C=O) groups is 1. The molecule has 1 aliphatic heterocycles. The molecule has 1 fully saturated rings. The largest absolute Gasteiger partial charge is 0.341 e. The lowest BCUT2D eigenvalue weighted by atomic mass is 9.87. The Hall–Kier alpha value is -1.87. The Balaban J connectivity index is 1.65. The molecule has 3 rings (SSSR count). The minimum absolute atomic E-state index is 0.0541. The number of hydrogen-bond donors (Lipinski definition) is 0. The number of sulfone groups is 1. The molecule has 0 saturated carbocycles. The summed E-state index contributed by atoms with van der Waals surface area (Å²) in [6.07, 6.45) is 0.508. The molecule has 0 N–H and O–H groups in total. The molecule has 1 saturated heterocycles. The van der Waals surface area contributed by atoms with Gasteiger partial charge < -0.3 is 9.47 Å². The molecule has 29 heavy (non-hydrogen) atoms. The third-order valence-electron chi connectivity index (χ3n) is 5.32. The van der Waals surface area contributed by atoms with Gasteiger partial charge in [-0.2, -0.15) is 0 Å². The van der Waals surface area contributed by atoms with Crippen molar-refractivity contribution in [1.29, 1.82) is 0 Å². The van der Waals surface area contributed by atoms with Crippen LogP contribution in [0.15, 0.2) is 29.4 Å². The molecule has 1 aliphatic rings. The summed E-state index contributed by atoms with van der Waals surface area (Å²) in [5.41, 5.74) is 2.31. The van der Waals surface area contributed by atoms with E-state index in [2.05, 4.69) is 43.1 Å². The van der Waals surface area contributed by atoms with Gasteiger partial charge in [0, 0.05) is 25.7 Å². The number of carbonyl (C=O) groups excluding carboxylic acids is 1. The van der Waals surface area contributed by atoms with Gasteiger partial charge in [-0.05, 0) is 17.4 Å². The minimum atomic E-state index is -3.01. The molecular formula is C20H28N4O3S2. The Bertz CT molecular complexity index is 992. The highest BCUT2D eigenvalue weighted by atomic mass is 32.2. The van der Waals surface area contributed by atoms with E-state index in [1.165, 1.54) is 17.3 Å². The van der Waals surface area contributed by atoms with E-state index in [1.54, 1.807) is 11.9 Å². The lowest BCUT2D eigenvalue weighted by Gasteiger charge is -2.23. The lowest BCUT2D eigenvalue weighted by molar-refractivity contribution is -0.128. The van der Waals surface area contributed by atoms with Crippen LogP contribution in [0.2, 0.25) is 0 Å². The van der Waals surface area contributed by atoms with Gasteiger partial charge >= 0.3 is 0 Å². The van der Waals surface area contributed by atoms with Crippen molar-refractivity contribution in [2.75, 3.05) is 24.3 Å². The van der Waals surface area contributed by atoms with Crippen molar-refractivity contribution in [2.24, 2.45) is 7.05 Å². The maximum absolute atomic E-state index is 12.5. The number of hydrogen-bond acceptors (Lipinski definition) is 6. The highest BCUT2D eigenvalue weighted by molar-refractivity contribution is 7.99. The van der Waals surface area contributed by atoms with Gasteiger partial charge in [0.2, 0.25) is 5.91 Å². The van der Waals surface area contributed by atoms with Crippen molar-refractivity contribution in [3.63, 3.8) is 0 Å².